The lowest BCUT2D eigenvalue weighted by Crippen LogP contribution is -2.54. The molecule has 152 valence electrons. The van der Waals surface area contributed by atoms with Gasteiger partial charge in [0.15, 0.2) is 11.6 Å². The molecular weight excluding hydrogens is 383 g/mol. The van der Waals surface area contributed by atoms with Crippen LogP contribution in [0, 0.1) is 5.82 Å². The summed E-state index contributed by atoms with van der Waals surface area (Å²) in [6.07, 6.45) is 1.22. The second-order valence-electron chi connectivity index (χ2n) is 6.75. The van der Waals surface area contributed by atoms with Gasteiger partial charge in [-0.15, -0.1) is 12.4 Å². The average molecular weight is 409 g/mol. The molecule has 1 saturated heterocycles. The van der Waals surface area contributed by atoms with E-state index < -0.39 is 11.4 Å². The minimum atomic E-state index is -0.825. The lowest BCUT2D eigenvalue weighted by atomic mass is 9.90. The van der Waals surface area contributed by atoms with Crippen LogP contribution in [0.3, 0.4) is 0 Å². The number of benzene rings is 2. The Labute approximate surface area is 171 Å². The van der Waals surface area contributed by atoms with Crippen LogP contribution in [-0.2, 0) is 9.53 Å². The second-order valence-corrected chi connectivity index (χ2v) is 6.75. The van der Waals surface area contributed by atoms with E-state index in [1.54, 1.807) is 31.4 Å². The Balaban J connectivity index is 0.00000280. The second kappa shape index (κ2) is 9.87. The zero-order chi connectivity index (χ0) is 19.3. The number of hydrogen-bond donors (Lipinski definition) is 2. The molecule has 1 amide bonds. The third kappa shape index (κ3) is 5.01. The smallest absolute Gasteiger partial charge is 0.252 e. The summed E-state index contributed by atoms with van der Waals surface area (Å²) in [6, 6.07) is 13.4. The lowest BCUT2D eigenvalue weighted by Gasteiger charge is -2.35. The van der Waals surface area contributed by atoms with Gasteiger partial charge in [0.1, 0.15) is 11.4 Å². The van der Waals surface area contributed by atoms with E-state index in [1.807, 2.05) is 25.1 Å². The summed E-state index contributed by atoms with van der Waals surface area (Å²) in [7, 11) is 1.56. The van der Waals surface area contributed by atoms with Crippen molar-refractivity contribution in [1.82, 2.24) is 10.6 Å². The summed E-state index contributed by atoms with van der Waals surface area (Å²) in [5.74, 6) is 0.0819. The number of halogens is 2. The number of carbonyl (C=O) groups excluding carboxylic acids is 1. The van der Waals surface area contributed by atoms with E-state index in [2.05, 4.69) is 10.6 Å². The van der Waals surface area contributed by atoms with Crippen LogP contribution >= 0.6 is 12.4 Å². The van der Waals surface area contributed by atoms with Crippen LogP contribution in [0.1, 0.15) is 31.4 Å². The predicted octanol–water partition coefficient (Wildman–Crippen LogP) is 3.99. The molecule has 0 aromatic heterocycles. The van der Waals surface area contributed by atoms with Gasteiger partial charge in [0.25, 0.3) is 5.91 Å². The van der Waals surface area contributed by atoms with Crippen molar-refractivity contribution in [3.63, 3.8) is 0 Å². The fraction of sp³-hybridized carbons (Fsp3) is 0.381. The number of carbonyl (C=O) groups is 1. The summed E-state index contributed by atoms with van der Waals surface area (Å²) < 4.78 is 25.6. The van der Waals surface area contributed by atoms with Crippen molar-refractivity contribution < 1.29 is 18.7 Å². The van der Waals surface area contributed by atoms with Gasteiger partial charge in [0.05, 0.1) is 6.04 Å². The van der Waals surface area contributed by atoms with Crippen LogP contribution in [0.5, 0.6) is 11.5 Å². The predicted molar refractivity (Wildman–Crippen MR) is 109 cm³/mol. The van der Waals surface area contributed by atoms with Crippen LogP contribution in [0.2, 0.25) is 0 Å². The Hall–Kier alpha value is -2.15. The summed E-state index contributed by atoms with van der Waals surface area (Å²) in [6.45, 7) is 3.29. The van der Waals surface area contributed by atoms with E-state index in [-0.39, 0.29) is 30.1 Å². The van der Waals surface area contributed by atoms with Gasteiger partial charge in [-0.25, -0.2) is 4.39 Å². The number of nitrogens with one attached hydrogen (secondary N) is 2. The number of amides is 1. The summed E-state index contributed by atoms with van der Waals surface area (Å²) in [4.78, 5) is 12.7. The molecule has 0 saturated carbocycles. The first-order valence-electron chi connectivity index (χ1n) is 9.13. The number of piperidine rings is 1. The maximum absolute atomic E-state index is 14.5. The minimum Gasteiger partial charge on any atom is -0.454 e. The number of para-hydroxylation sites is 1. The molecule has 5 nitrogen and oxygen atoms in total. The molecule has 2 aromatic rings. The number of methoxy groups -OCH3 is 1. The summed E-state index contributed by atoms with van der Waals surface area (Å²) in [5, 5.41) is 6.18. The van der Waals surface area contributed by atoms with Gasteiger partial charge >= 0.3 is 0 Å². The maximum atomic E-state index is 14.5. The highest BCUT2D eigenvalue weighted by molar-refractivity contribution is 5.86. The Kier molecular flexibility index (Phi) is 7.80. The molecule has 7 heteroatoms. The largest absolute Gasteiger partial charge is 0.454 e. The summed E-state index contributed by atoms with van der Waals surface area (Å²) in [5.41, 5.74) is -0.157. The Morgan fingerprint density at radius 1 is 1.18 bits per heavy atom. The molecular formula is C21H26ClFN2O3. The molecule has 0 aliphatic carbocycles. The van der Waals surface area contributed by atoms with E-state index >= 15 is 0 Å². The van der Waals surface area contributed by atoms with Crippen molar-refractivity contribution in [2.45, 2.75) is 31.4 Å². The quantitative estimate of drug-likeness (QED) is 0.758. The Bertz CT molecular complexity index is 782. The molecule has 28 heavy (non-hydrogen) atoms. The molecule has 0 radical (unpaired) electrons. The lowest BCUT2D eigenvalue weighted by molar-refractivity contribution is -0.147. The molecule has 1 aliphatic heterocycles. The fourth-order valence-electron chi connectivity index (χ4n) is 3.25. The van der Waals surface area contributed by atoms with Crippen molar-refractivity contribution in [3.05, 3.63) is 59.9 Å². The molecule has 1 atom stereocenters. The molecule has 2 N–H and O–H groups in total. The van der Waals surface area contributed by atoms with Crippen LogP contribution in [0.4, 0.5) is 4.39 Å². The van der Waals surface area contributed by atoms with E-state index in [4.69, 9.17) is 9.47 Å². The molecule has 1 unspecified atom stereocenters. The molecule has 2 aromatic carbocycles. The van der Waals surface area contributed by atoms with Crippen LogP contribution in [0.25, 0.3) is 0 Å². The SMILES string of the molecule is COC1(C(=O)NC(C)c2ccc(Oc3ccccc3)c(F)c2)CCNCC1.Cl. The zero-order valence-corrected chi connectivity index (χ0v) is 16.9. The van der Waals surface area contributed by atoms with Crippen molar-refractivity contribution in [2.75, 3.05) is 20.2 Å². The Morgan fingerprint density at radius 3 is 2.46 bits per heavy atom. The highest BCUT2D eigenvalue weighted by atomic mass is 35.5. The highest BCUT2D eigenvalue weighted by Crippen LogP contribution is 2.28. The van der Waals surface area contributed by atoms with Gasteiger partial charge in [-0.1, -0.05) is 24.3 Å². The Morgan fingerprint density at radius 2 is 1.86 bits per heavy atom. The zero-order valence-electron chi connectivity index (χ0n) is 16.0. The molecule has 1 heterocycles. The third-order valence-electron chi connectivity index (χ3n) is 4.99. The van der Waals surface area contributed by atoms with E-state index in [1.165, 1.54) is 6.07 Å². The standard InChI is InChI=1S/C21H25FN2O3.ClH/c1-15(24-20(25)21(26-2)10-12-23-13-11-21)16-8-9-19(18(22)14-16)27-17-6-4-3-5-7-17;/h3-9,14-15,23H,10-13H2,1-2H3,(H,24,25);1H. The molecule has 3 rings (SSSR count). The minimum absolute atomic E-state index is 0. The monoisotopic (exact) mass is 408 g/mol. The molecule has 1 fully saturated rings. The van der Waals surface area contributed by atoms with E-state index in [0.29, 0.717) is 24.2 Å². The van der Waals surface area contributed by atoms with Crippen LogP contribution in [0.15, 0.2) is 48.5 Å². The molecule has 0 spiro atoms. The first kappa shape index (κ1) is 22.1. The third-order valence-corrected chi connectivity index (χ3v) is 4.99. The van der Waals surface area contributed by atoms with Crippen molar-refractivity contribution in [2.24, 2.45) is 0 Å². The number of rotatable bonds is 6. The van der Waals surface area contributed by atoms with Gasteiger partial charge in [-0.2, -0.15) is 0 Å². The average Bonchev–Trinajstić information content (AvgIpc) is 2.70. The highest BCUT2D eigenvalue weighted by Gasteiger charge is 2.40. The van der Waals surface area contributed by atoms with Gasteiger partial charge in [-0.05, 0) is 62.7 Å². The van der Waals surface area contributed by atoms with Crippen molar-refractivity contribution in [1.29, 1.82) is 0 Å². The normalized spacial score (nSPS) is 16.5. The van der Waals surface area contributed by atoms with Crippen molar-refractivity contribution >= 4 is 18.3 Å². The molecule has 0 bridgehead atoms. The van der Waals surface area contributed by atoms with E-state index in [0.717, 1.165) is 13.1 Å². The van der Waals surface area contributed by atoms with Gasteiger partial charge in [0, 0.05) is 7.11 Å². The van der Waals surface area contributed by atoms with Gasteiger partial charge in [-0.3, -0.25) is 4.79 Å². The van der Waals surface area contributed by atoms with Crippen LogP contribution < -0.4 is 15.4 Å². The number of hydrogen-bond acceptors (Lipinski definition) is 4. The fourth-order valence-corrected chi connectivity index (χ4v) is 3.25. The topological polar surface area (TPSA) is 59.6 Å². The van der Waals surface area contributed by atoms with Crippen LogP contribution in [-0.4, -0.2) is 31.7 Å². The van der Waals surface area contributed by atoms with Gasteiger partial charge in [0.2, 0.25) is 0 Å². The van der Waals surface area contributed by atoms with Gasteiger partial charge < -0.3 is 20.1 Å². The summed E-state index contributed by atoms with van der Waals surface area (Å²) >= 11 is 0. The number of ether oxygens (including phenoxy) is 2. The first-order chi connectivity index (χ1) is 13.0. The molecule has 1 aliphatic rings. The van der Waals surface area contributed by atoms with Crippen molar-refractivity contribution in [3.8, 4) is 11.5 Å². The maximum Gasteiger partial charge on any atom is 0.252 e. The first-order valence-corrected chi connectivity index (χ1v) is 9.13. The van der Waals surface area contributed by atoms with E-state index in [9.17, 15) is 9.18 Å².